The first-order valence-electron chi connectivity index (χ1n) is 9.96. The van der Waals surface area contributed by atoms with Gasteiger partial charge in [0.05, 0.1) is 0 Å². The zero-order chi connectivity index (χ0) is 21.3. The molecule has 2 aliphatic rings. The molecule has 1 aliphatic carbocycles. The lowest BCUT2D eigenvalue weighted by Gasteiger charge is -2.38. The molecule has 0 spiro atoms. The summed E-state index contributed by atoms with van der Waals surface area (Å²) in [6.45, 7) is 5.90. The molecule has 4 rings (SSSR count). The first-order chi connectivity index (χ1) is 14.5. The number of halogens is 1. The third-order valence-electron chi connectivity index (χ3n) is 5.58. The molecule has 0 saturated carbocycles. The van der Waals surface area contributed by atoms with Crippen LogP contribution in [0.1, 0.15) is 38.0 Å². The largest absolute Gasteiger partial charge is 0.364 e. The van der Waals surface area contributed by atoms with Gasteiger partial charge in [0.2, 0.25) is 11.6 Å². The average molecular weight is 468 g/mol. The number of benzene rings is 2. The molecule has 1 fully saturated rings. The van der Waals surface area contributed by atoms with Crippen molar-refractivity contribution in [3.63, 3.8) is 0 Å². The van der Waals surface area contributed by atoms with Crippen molar-refractivity contribution >= 4 is 33.4 Å². The maximum absolute atomic E-state index is 13.4. The number of hydrogen-bond acceptors (Lipinski definition) is 5. The number of ketones is 2. The van der Waals surface area contributed by atoms with Gasteiger partial charge in [0.1, 0.15) is 11.4 Å². The lowest BCUT2D eigenvalue weighted by Crippen LogP contribution is -2.49. The predicted molar refractivity (Wildman–Crippen MR) is 117 cm³/mol. The van der Waals surface area contributed by atoms with Crippen molar-refractivity contribution in [1.29, 1.82) is 0 Å². The third kappa shape index (κ3) is 3.82. The lowest BCUT2D eigenvalue weighted by molar-refractivity contribution is 0.0879. The zero-order valence-corrected chi connectivity index (χ0v) is 18.2. The van der Waals surface area contributed by atoms with Crippen molar-refractivity contribution in [2.45, 2.75) is 6.92 Å². The number of piperazine rings is 1. The van der Waals surface area contributed by atoms with Crippen LogP contribution in [0.4, 0.5) is 0 Å². The quantitative estimate of drug-likeness (QED) is 0.747. The fourth-order valence-electron chi connectivity index (χ4n) is 3.85. The molecule has 0 bridgehead atoms. The van der Waals surface area contributed by atoms with Crippen LogP contribution >= 0.6 is 15.9 Å². The van der Waals surface area contributed by atoms with E-state index >= 15 is 0 Å². The minimum absolute atomic E-state index is 0.0663. The molecule has 2 aromatic carbocycles. The summed E-state index contributed by atoms with van der Waals surface area (Å²) in [6, 6.07) is 13.6. The smallest absolute Gasteiger partial charge is 0.255 e. The van der Waals surface area contributed by atoms with Gasteiger partial charge in [-0.3, -0.25) is 14.4 Å². The normalized spacial score (nSPS) is 17.2. The van der Waals surface area contributed by atoms with Crippen LogP contribution < -0.4 is 5.32 Å². The van der Waals surface area contributed by atoms with E-state index in [1.165, 1.54) is 0 Å². The van der Waals surface area contributed by atoms with Crippen molar-refractivity contribution in [1.82, 2.24) is 15.1 Å². The number of allylic oxidation sites excluding steroid dienone is 2. The first-order valence-corrected chi connectivity index (χ1v) is 10.8. The van der Waals surface area contributed by atoms with Gasteiger partial charge in [0, 0.05) is 47.3 Å². The van der Waals surface area contributed by atoms with E-state index in [1.807, 2.05) is 4.90 Å². The van der Waals surface area contributed by atoms with Gasteiger partial charge in [-0.1, -0.05) is 47.1 Å². The highest BCUT2D eigenvalue weighted by Crippen LogP contribution is 2.28. The van der Waals surface area contributed by atoms with Crippen LogP contribution in [0.3, 0.4) is 0 Å². The molecule has 1 heterocycles. The van der Waals surface area contributed by atoms with E-state index in [-0.39, 0.29) is 17.3 Å². The van der Waals surface area contributed by atoms with E-state index in [1.54, 1.807) is 48.5 Å². The predicted octanol–water partition coefficient (Wildman–Crippen LogP) is 3.11. The van der Waals surface area contributed by atoms with E-state index in [0.29, 0.717) is 35.5 Å². The molecule has 1 amide bonds. The molecule has 30 heavy (non-hydrogen) atoms. The zero-order valence-electron chi connectivity index (χ0n) is 16.7. The van der Waals surface area contributed by atoms with Gasteiger partial charge in [-0.05, 0) is 30.8 Å². The van der Waals surface area contributed by atoms with Crippen molar-refractivity contribution in [2.75, 3.05) is 32.7 Å². The van der Waals surface area contributed by atoms with Gasteiger partial charge < -0.3 is 15.1 Å². The van der Waals surface area contributed by atoms with Gasteiger partial charge in [-0.15, -0.1) is 0 Å². The number of fused-ring (bicyclic) bond motifs is 1. The van der Waals surface area contributed by atoms with Gasteiger partial charge >= 0.3 is 0 Å². The second-order valence-corrected chi connectivity index (χ2v) is 8.23. The summed E-state index contributed by atoms with van der Waals surface area (Å²) in [7, 11) is 0. The Hall–Kier alpha value is -2.77. The highest BCUT2D eigenvalue weighted by Gasteiger charge is 2.36. The third-order valence-corrected chi connectivity index (χ3v) is 6.10. The molecule has 0 unspecified atom stereocenters. The molecule has 6 nitrogen and oxygen atoms in total. The van der Waals surface area contributed by atoms with Crippen molar-refractivity contribution in [3.8, 4) is 0 Å². The number of likely N-dealkylation sites (N-methyl/N-ethyl adjacent to an activating group) is 1. The molecule has 2 aromatic rings. The second kappa shape index (κ2) is 8.53. The molecule has 0 radical (unpaired) electrons. The summed E-state index contributed by atoms with van der Waals surface area (Å²) in [5.74, 6) is -0.965. The number of amides is 1. The molecule has 1 aliphatic heterocycles. The van der Waals surface area contributed by atoms with Crippen molar-refractivity contribution in [2.24, 2.45) is 0 Å². The summed E-state index contributed by atoms with van der Waals surface area (Å²) < 4.78 is 0.852. The van der Waals surface area contributed by atoms with E-state index in [4.69, 9.17) is 0 Å². The molecule has 1 N–H and O–H groups in total. The van der Waals surface area contributed by atoms with Gasteiger partial charge in [-0.2, -0.15) is 0 Å². The number of carbonyl (C=O) groups is 3. The number of carbonyl (C=O) groups excluding carboxylic acids is 3. The van der Waals surface area contributed by atoms with Crippen molar-refractivity contribution in [3.05, 3.63) is 81.1 Å². The van der Waals surface area contributed by atoms with E-state index in [2.05, 4.69) is 33.1 Å². The Morgan fingerprint density at radius 1 is 0.933 bits per heavy atom. The fraction of sp³-hybridized carbons (Fsp3) is 0.261. The molecule has 154 valence electrons. The Kier molecular flexibility index (Phi) is 5.83. The molecular weight excluding hydrogens is 446 g/mol. The van der Waals surface area contributed by atoms with Crippen molar-refractivity contribution < 1.29 is 14.4 Å². The summed E-state index contributed by atoms with van der Waals surface area (Å²) >= 11 is 3.35. The minimum Gasteiger partial charge on any atom is -0.364 e. The first kappa shape index (κ1) is 20.5. The van der Waals surface area contributed by atoms with E-state index < -0.39 is 5.91 Å². The molecule has 7 heteroatoms. The number of nitrogens with zero attached hydrogens (tertiary/aromatic N) is 2. The average Bonchev–Trinajstić information content (AvgIpc) is 2.78. The molecular formula is C23H22BrN3O3. The molecule has 0 aromatic heterocycles. The minimum atomic E-state index is -0.414. The number of hydrogen-bond donors (Lipinski definition) is 1. The summed E-state index contributed by atoms with van der Waals surface area (Å²) in [5, 5.41) is 2.75. The van der Waals surface area contributed by atoms with Crippen LogP contribution in [0.15, 0.2) is 64.4 Å². The van der Waals surface area contributed by atoms with E-state index in [9.17, 15) is 14.4 Å². The molecule has 1 saturated heterocycles. The maximum atomic E-state index is 13.4. The highest BCUT2D eigenvalue weighted by atomic mass is 79.9. The van der Waals surface area contributed by atoms with Crippen LogP contribution in [0.2, 0.25) is 0 Å². The second-order valence-electron chi connectivity index (χ2n) is 7.31. The number of rotatable bonds is 4. The Balaban J connectivity index is 1.73. The lowest BCUT2D eigenvalue weighted by atomic mass is 9.89. The van der Waals surface area contributed by atoms with E-state index in [0.717, 1.165) is 24.1 Å². The Morgan fingerprint density at radius 2 is 1.53 bits per heavy atom. The van der Waals surface area contributed by atoms with Crippen LogP contribution in [-0.2, 0) is 0 Å². The SMILES string of the molecule is CCN1CCN(C2=C(NC(=O)c3ccc(Br)cc3)C(=O)c3ccccc3C2=O)CC1. The fourth-order valence-corrected chi connectivity index (χ4v) is 4.12. The summed E-state index contributed by atoms with van der Waals surface area (Å²) in [6.07, 6.45) is 0. The number of nitrogens with one attached hydrogen (secondary N) is 1. The summed E-state index contributed by atoms with van der Waals surface area (Å²) in [5.41, 5.74) is 1.48. The van der Waals surface area contributed by atoms with Gasteiger partial charge in [0.25, 0.3) is 5.91 Å². The Bertz CT molecular complexity index is 1040. The summed E-state index contributed by atoms with van der Waals surface area (Å²) in [4.78, 5) is 43.7. The number of Topliss-reactive ketones (excluding diaryl/α,β-unsaturated/α-hetero) is 2. The Morgan fingerprint density at radius 3 is 2.13 bits per heavy atom. The maximum Gasteiger partial charge on any atom is 0.255 e. The van der Waals surface area contributed by atoms with Crippen LogP contribution in [-0.4, -0.2) is 60.0 Å². The van der Waals surface area contributed by atoms with Gasteiger partial charge in [0.15, 0.2) is 0 Å². The Labute approximate surface area is 183 Å². The topological polar surface area (TPSA) is 69.7 Å². The van der Waals surface area contributed by atoms with Crippen LogP contribution in [0, 0.1) is 0 Å². The highest BCUT2D eigenvalue weighted by molar-refractivity contribution is 9.10. The van der Waals surface area contributed by atoms with Gasteiger partial charge in [-0.25, -0.2) is 0 Å². The standard InChI is InChI=1S/C23H22BrN3O3/c1-2-26-11-13-27(14-12-26)20-19(25-23(30)15-7-9-16(24)10-8-15)21(28)17-5-3-4-6-18(17)22(20)29/h3-10H,2,11-14H2,1H3,(H,25,30). The van der Waals surface area contributed by atoms with Crippen LogP contribution in [0.5, 0.6) is 0 Å². The monoisotopic (exact) mass is 467 g/mol. The van der Waals surface area contributed by atoms with Crippen LogP contribution in [0.25, 0.3) is 0 Å². The molecule has 0 atom stereocenters.